The minimum atomic E-state index is 0.342. The molecule has 0 spiro atoms. The molecule has 5 rings (SSSR count). The lowest BCUT2D eigenvalue weighted by atomic mass is 9.72. The molecule has 140 valence electrons. The molecule has 4 aromatic heterocycles. The molecule has 6 nitrogen and oxygen atoms in total. The number of rotatable bonds is 1. The molecule has 27 heavy (non-hydrogen) atoms. The number of nitrogens with zero attached hydrogens (tertiary/aromatic N) is 6. The van der Waals surface area contributed by atoms with Gasteiger partial charge in [-0.05, 0) is 58.7 Å². The number of fused-ring (bicyclic) bond motifs is 5. The molecular formula is C19H21IN6S. The molecule has 0 saturated heterocycles. The van der Waals surface area contributed by atoms with Crippen LogP contribution in [0.1, 0.15) is 37.6 Å². The highest BCUT2D eigenvalue weighted by atomic mass is 127. The van der Waals surface area contributed by atoms with Crippen LogP contribution in [0.15, 0.2) is 12.5 Å². The predicted molar refractivity (Wildman–Crippen MR) is 116 cm³/mol. The summed E-state index contributed by atoms with van der Waals surface area (Å²) in [5.74, 6) is 1.38. The lowest BCUT2D eigenvalue weighted by Gasteiger charge is -2.33. The second kappa shape index (κ2) is 5.97. The zero-order chi connectivity index (χ0) is 18.9. The van der Waals surface area contributed by atoms with Crippen molar-refractivity contribution in [2.24, 2.45) is 18.4 Å². The van der Waals surface area contributed by atoms with Gasteiger partial charge in [0, 0.05) is 18.1 Å². The topological polar surface area (TPSA) is 60.9 Å². The van der Waals surface area contributed by atoms with Crippen LogP contribution in [0, 0.1) is 14.9 Å². The third-order valence-electron chi connectivity index (χ3n) is 5.61. The van der Waals surface area contributed by atoms with Crippen LogP contribution in [0.4, 0.5) is 0 Å². The van der Waals surface area contributed by atoms with Crippen molar-refractivity contribution in [2.45, 2.75) is 40.0 Å². The zero-order valence-corrected chi connectivity index (χ0v) is 18.8. The van der Waals surface area contributed by atoms with E-state index >= 15 is 0 Å². The smallest absolute Gasteiger partial charge is 0.203 e. The summed E-state index contributed by atoms with van der Waals surface area (Å²) >= 11 is 4.12. The number of hydrogen-bond donors (Lipinski definition) is 0. The molecule has 0 aliphatic heterocycles. The number of aryl methyl sites for hydroxylation is 2. The van der Waals surface area contributed by atoms with Gasteiger partial charge in [-0.1, -0.05) is 20.8 Å². The van der Waals surface area contributed by atoms with Gasteiger partial charge in [-0.2, -0.15) is 5.10 Å². The van der Waals surface area contributed by atoms with Crippen molar-refractivity contribution >= 4 is 49.8 Å². The van der Waals surface area contributed by atoms with E-state index in [1.54, 1.807) is 11.0 Å². The standard InChI is InChI=1S/C19H21IN6S/c1-19(2,3)10-5-6-11-13(7-10)27-18-14(11)17-22-16(24-26(17)9-21-18)15-12(20)8-25(4)23-15/h8-10H,5-7H2,1-4H3/t10-/m0/s1. The first-order valence-corrected chi connectivity index (χ1v) is 11.1. The van der Waals surface area contributed by atoms with E-state index in [2.05, 4.69) is 58.5 Å². The maximum absolute atomic E-state index is 4.87. The van der Waals surface area contributed by atoms with Crippen LogP contribution in [-0.4, -0.2) is 29.4 Å². The molecule has 0 aromatic carbocycles. The Bertz CT molecular complexity index is 1180. The lowest BCUT2D eigenvalue weighted by Crippen LogP contribution is -2.26. The van der Waals surface area contributed by atoms with Crippen molar-refractivity contribution in [3.63, 3.8) is 0 Å². The van der Waals surface area contributed by atoms with Crippen LogP contribution in [0.2, 0.25) is 0 Å². The first-order valence-electron chi connectivity index (χ1n) is 9.16. The van der Waals surface area contributed by atoms with E-state index in [4.69, 9.17) is 4.98 Å². The Labute approximate surface area is 175 Å². The van der Waals surface area contributed by atoms with Crippen LogP contribution < -0.4 is 0 Å². The average Bonchev–Trinajstić information content (AvgIpc) is 3.26. The molecule has 0 saturated carbocycles. The molecule has 0 fully saturated rings. The van der Waals surface area contributed by atoms with Gasteiger partial charge in [-0.15, -0.1) is 16.4 Å². The molecule has 8 heteroatoms. The summed E-state index contributed by atoms with van der Waals surface area (Å²) in [6.45, 7) is 7.06. The van der Waals surface area contributed by atoms with Crippen LogP contribution in [0.25, 0.3) is 27.4 Å². The molecule has 1 atom stereocenters. The van der Waals surface area contributed by atoms with Crippen molar-refractivity contribution in [3.05, 3.63) is 26.5 Å². The van der Waals surface area contributed by atoms with Gasteiger partial charge in [0.05, 0.1) is 8.96 Å². The van der Waals surface area contributed by atoms with Gasteiger partial charge in [0.1, 0.15) is 16.9 Å². The van der Waals surface area contributed by atoms with Crippen LogP contribution in [0.5, 0.6) is 0 Å². The number of thiophene rings is 1. The van der Waals surface area contributed by atoms with Gasteiger partial charge in [-0.25, -0.2) is 14.5 Å². The van der Waals surface area contributed by atoms with Crippen LogP contribution >= 0.6 is 33.9 Å². The Hall–Kier alpha value is -1.55. The normalized spacial score (nSPS) is 17.7. The fourth-order valence-corrected chi connectivity index (χ4v) is 6.04. The van der Waals surface area contributed by atoms with E-state index < -0.39 is 0 Å². The summed E-state index contributed by atoms with van der Waals surface area (Å²) in [5, 5.41) is 10.4. The summed E-state index contributed by atoms with van der Waals surface area (Å²) in [5.41, 5.74) is 3.51. The van der Waals surface area contributed by atoms with E-state index in [1.807, 2.05) is 29.1 Å². The van der Waals surface area contributed by atoms with Gasteiger partial charge >= 0.3 is 0 Å². The highest BCUT2D eigenvalue weighted by Crippen LogP contribution is 2.43. The van der Waals surface area contributed by atoms with Crippen molar-refractivity contribution in [1.29, 1.82) is 0 Å². The minimum Gasteiger partial charge on any atom is -0.274 e. The van der Waals surface area contributed by atoms with Crippen molar-refractivity contribution in [1.82, 2.24) is 29.4 Å². The van der Waals surface area contributed by atoms with Crippen LogP contribution in [0.3, 0.4) is 0 Å². The molecule has 1 aliphatic carbocycles. The van der Waals surface area contributed by atoms with Crippen molar-refractivity contribution < 1.29 is 0 Å². The third-order valence-corrected chi connectivity index (χ3v) is 7.56. The molecule has 0 radical (unpaired) electrons. The molecule has 1 aliphatic rings. The van der Waals surface area contributed by atoms with E-state index in [9.17, 15) is 0 Å². The largest absolute Gasteiger partial charge is 0.274 e. The van der Waals surface area contributed by atoms with Gasteiger partial charge in [0.15, 0.2) is 5.65 Å². The molecule has 0 N–H and O–H groups in total. The minimum absolute atomic E-state index is 0.342. The van der Waals surface area contributed by atoms with Crippen molar-refractivity contribution in [3.8, 4) is 11.5 Å². The van der Waals surface area contributed by atoms with Gasteiger partial charge < -0.3 is 0 Å². The van der Waals surface area contributed by atoms with Gasteiger partial charge in [0.2, 0.25) is 5.82 Å². The second-order valence-electron chi connectivity index (χ2n) is 8.44. The number of aromatic nitrogens is 6. The first-order chi connectivity index (χ1) is 12.8. The van der Waals surface area contributed by atoms with E-state index in [1.165, 1.54) is 22.2 Å². The molecule has 0 bridgehead atoms. The Morgan fingerprint density at radius 2 is 2.07 bits per heavy atom. The van der Waals surface area contributed by atoms with E-state index in [0.717, 1.165) is 38.5 Å². The summed E-state index contributed by atoms with van der Waals surface area (Å²) < 4.78 is 4.66. The maximum Gasteiger partial charge on any atom is 0.203 e. The summed E-state index contributed by atoms with van der Waals surface area (Å²) in [6.07, 6.45) is 7.23. The van der Waals surface area contributed by atoms with E-state index in [-0.39, 0.29) is 0 Å². The quantitative estimate of drug-likeness (QED) is 0.368. The third kappa shape index (κ3) is 2.79. The van der Waals surface area contributed by atoms with Gasteiger partial charge in [0.25, 0.3) is 0 Å². The first kappa shape index (κ1) is 17.5. The average molecular weight is 492 g/mol. The fraction of sp³-hybridized carbons (Fsp3) is 0.474. The van der Waals surface area contributed by atoms with E-state index in [0.29, 0.717) is 11.2 Å². The second-order valence-corrected chi connectivity index (χ2v) is 10.7. The molecule has 0 unspecified atom stereocenters. The summed E-state index contributed by atoms with van der Waals surface area (Å²) in [6, 6.07) is 0. The maximum atomic E-state index is 4.87. The molecule has 4 aromatic rings. The Balaban J connectivity index is 1.68. The molecule has 0 amide bonds. The lowest BCUT2D eigenvalue weighted by molar-refractivity contribution is 0.218. The zero-order valence-electron chi connectivity index (χ0n) is 15.8. The Morgan fingerprint density at radius 3 is 2.78 bits per heavy atom. The molecular weight excluding hydrogens is 471 g/mol. The molecule has 4 heterocycles. The Morgan fingerprint density at radius 1 is 1.26 bits per heavy atom. The highest BCUT2D eigenvalue weighted by molar-refractivity contribution is 14.1. The summed E-state index contributed by atoms with van der Waals surface area (Å²) in [4.78, 5) is 12.1. The van der Waals surface area contributed by atoms with Gasteiger partial charge in [-0.3, -0.25) is 4.68 Å². The van der Waals surface area contributed by atoms with Crippen LogP contribution in [-0.2, 0) is 19.9 Å². The Kier molecular flexibility index (Phi) is 3.88. The fourth-order valence-electron chi connectivity index (χ4n) is 4.03. The monoisotopic (exact) mass is 492 g/mol. The van der Waals surface area contributed by atoms with Crippen molar-refractivity contribution in [2.75, 3.05) is 0 Å². The predicted octanol–water partition coefficient (Wildman–Crippen LogP) is 4.50. The SMILES string of the molecule is Cn1cc(I)c(-c2nc3c4c5c(sc4ncn3n2)C[C@@H](C(C)(C)C)CC5)n1. The number of halogens is 1. The summed E-state index contributed by atoms with van der Waals surface area (Å²) in [7, 11) is 1.92. The highest BCUT2D eigenvalue weighted by Gasteiger charge is 2.32. The number of hydrogen-bond acceptors (Lipinski definition) is 5.